The average molecular weight is 1130 g/mol. The van der Waals surface area contributed by atoms with Gasteiger partial charge < -0.3 is 79.7 Å². The molecule has 1 saturated heterocycles. The molecule has 0 aromatic heterocycles. The van der Waals surface area contributed by atoms with Crippen LogP contribution in [0.3, 0.4) is 0 Å². The second kappa shape index (κ2) is 32.5. The third kappa shape index (κ3) is 21.4. The zero-order valence-corrected chi connectivity index (χ0v) is 45.8. The molecule has 10 amide bonds. The van der Waals surface area contributed by atoms with E-state index in [0.29, 0.717) is 24.0 Å². The van der Waals surface area contributed by atoms with Crippen LogP contribution in [0.2, 0.25) is 0 Å². The molecule has 2 aromatic rings. The van der Waals surface area contributed by atoms with E-state index < -0.39 is 138 Å². The minimum Gasteiger partial charge on any atom is -0.508 e. The lowest BCUT2D eigenvalue weighted by Crippen LogP contribution is -2.62. The highest BCUT2D eigenvalue weighted by atomic mass is 32.2. The quantitative estimate of drug-likeness (QED) is 0.0340. The zero-order valence-electron chi connectivity index (χ0n) is 45.0. The van der Waals surface area contributed by atoms with Crippen LogP contribution >= 0.6 is 11.8 Å². The molecule has 27 heteroatoms. The number of benzene rings is 2. The normalized spacial score (nSPS) is 17.3. The average Bonchev–Trinajstić information content (AvgIpc) is 3.92. The number of primary amides is 2. The molecule has 2 aromatic carbocycles. The topological polar surface area (TPSA) is 434 Å². The fourth-order valence-corrected chi connectivity index (χ4v) is 8.90. The number of carbonyl (C=O) groups is 11. The molecule has 436 valence electrons. The molecule has 17 N–H and O–H groups in total. The van der Waals surface area contributed by atoms with Gasteiger partial charge in [-0.2, -0.15) is 11.8 Å². The predicted octanol–water partition coefficient (Wildman–Crippen LogP) is -2.93. The van der Waals surface area contributed by atoms with Crippen LogP contribution in [-0.2, 0) is 65.6 Å². The van der Waals surface area contributed by atoms with Crippen molar-refractivity contribution in [1.82, 2.24) is 42.1 Å². The highest BCUT2D eigenvalue weighted by molar-refractivity contribution is 7.98. The van der Waals surface area contributed by atoms with E-state index in [4.69, 9.17) is 17.2 Å². The zero-order chi connectivity index (χ0) is 59.1. The lowest BCUT2D eigenvalue weighted by Gasteiger charge is -2.32. The van der Waals surface area contributed by atoms with Crippen molar-refractivity contribution in [2.45, 2.75) is 158 Å². The number of amides is 10. The summed E-state index contributed by atoms with van der Waals surface area (Å²) >= 11 is 1.32. The van der Waals surface area contributed by atoms with Gasteiger partial charge in [-0.05, 0) is 87.1 Å². The molecule has 1 aliphatic heterocycles. The first-order valence-electron chi connectivity index (χ1n) is 25.9. The maximum absolute atomic E-state index is 14.6. The molecular formula is C52H77N11O15S. The summed E-state index contributed by atoms with van der Waals surface area (Å²) in [6.45, 7) is 5.82. The molecule has 26 nitrogen and oxygen atoms in total. The second-order valence-electron chi connectivity index (χ2n) is 19.6. The van der Waals surface area contributed by atoms with E-state index in [1.807, 2.05) is 0 Å². The Bertz CT molecular complexity index is 2430. The Hall–Kier alpha value is -7.36. The van der Waals surface area contributed by atoms with E-state index >= 15 is 0 Å². The van der Waals surface area contributed by atoms with Gasteiger partial charge in [0, 0.05) is 32.2 Å². The number of aliphatic carboxylic acids is 1. The van der Waals surface area contributed by atoms with Crippen molar-refractivity contribution in [3.05, 3.63) is 65.7 Å². The smallest absolute Gasteiger partial charge is 0.328 e. The number of nitrogens with one attached hydrogen (secondary N) is 7. The summed E-state index contributed by atoms with van der Waals surface area (Å²) in [6.07, 6.45) is -2.05. The van der Waals surface area contributed by atoms with Crippen LogP contribution in [0.4, 0.5) is 0 Å². The van der Waals surface area contributed by atoms with Crippen molar-refractivity contribution < 1.29 is 73.2 Å². The molecule has 0 saturated carbocycles. The molecule has 12 atom stereocenters. The summed E-state index contributed by atoms with van der Waals surface area (Å²) in [7, 11) is 0. The predicted molar refractivity (Wildman–Crippen MR) is 288 cm³/mol. The minimum atomic E-state index is -1.68. The molecule has 1 fully saturated rings. The summed E-state index contributed by atoms with van der Waals surface area (Å²) in [6, 6.07) is 1.11. The number of rotatable bonds is 33. The van der Waals surface area contributed by atoms with Crippen LogP contribution in [0.25, 0.3) is 0 Å². The number of nitrogens with two attached hydrogens (primary N) is 3. The van der Waals surface area contributed by atoms with Crippen LogP contribution in [0.5, 0.6) is 5.75 Å². The van der Waals surface area contributed by atoms with Gasteiger partial charge in [0.25, 0.3) is 0 Å². The fraction of sp³-hybridized carbons (Fsp3) is 0.558. The largest absolute Gasteiger partial charge is 0.508 e. The molecule has 3 rings (SSSR count). The molecule has 0 spiro atoms. The first-order chi connectivity index (χ1) is 37.3. The SMILES string of the molecule is CC[C@H](C)[C@H](NC(=O)[C@@H]1CCCN1C(=O)[C@@H](NC(=O)[C@H](CCSC)NC(=O)[C@H](Cc1ccccc1)NC(=O)[C@H](Cc1ccc(O)cc1)NC(=O)[C@H](CCC(N)=O)NC(=O)[C@@H](N)CCC(N)=O)[C@@H](C)O)C(=O)N[C@H](C(=O)O)[C@@H](C)O. The molecule has 0 radical (unpaired) electrons. The molecule has 0 unspecified atom stereocenters. The highest BCUT2D eigenvalue weighted by Gasteiger charge is 2.42. The number of phenolic OH excluding ortho intramolecular Hbond substituents is 1. The Kier molecular flexibility index (Phi) is 27.1. The van der Waals surface area contributed by atoms with Gasteiger partial charge in [0.2, 0.25) is 59.1 Å². The van der Waals surface area contributed by atoms with Gasteiger partial charge in [0.1, 0.15) is 48.0 Å². The van der Waals surface area contributed by atoms with Crippen LogP contribution in [-0.4, -0.2) is 176 Å². The van der Waals surface area contributed by atoms with Crippen LogP contribution in [0.1, 0.15) is 90.2 Å². The maximum Gasteiger partial charge on any atom is 0.328 e. The summed E-state index contributed by atoms with van der Waals surface area (Å²) in [5, 5.41) is 58.3. The Morgan fingerprint density at radius 2 is 1.10 bits per heavy atom. The number of carbonyl (C=O) groups excluding carboxylic acids is 10. The van der Waals surface area contributed by atoms with Crippen LogP contribution in [0, 0.1) is 5.92 Å². The highest BCUT2D eigenvalue weighted by Crippen LogP contribution is 2.21. The summed E-state index contributed by atoms with van der Waals surface area (Å²) < 4.78 is 0. The Balaban J connectivity index is 1.94. The number of carboxylic acid groups (broad SMARTS) is 1. The van der Waals surface area contributed by atoms with E-state index in [2.05, 4.69) is 37.2 Å². The summed E-state index contributed by atoms with van der Waals surface area (Å²) in [5.41, 5.74) is 17.5. The van der Waals surface area contributed by atoms with Gasteiger partial charge in [-0.15, -0.1) is 0 Å². The fourth-order valence-electron chi connectivity index (χ4n) is 8.43. The third-order valence-corrected chi connectivity index (χ3v) is 13.9. The number of likely N-dealkylation sites (tertiary alicyclic amines) is 1. The molecule has 0 aliphatic carbocycles. The summed E-state index contributed by atoms with van der Waals surface area (Å²) in [4.78, 5) is 148. The van der Waals surface area contributed by atoms with E-state index in [-0.39, 0.29) is 69.4 Å². The van der Waals surface area contributed by atoms with Crippen molar-refractivity contribution in [1.29, 1.82) is 0 Å². The van der Waals surface area contributed by atoms with E-state index in [9.17, 15) is 73.2 Å². The number of aromatic hydroxyl groups is 1. The van der Waals surface area contributed by atoms with Gasteiger partial charge in [-0.1, -0.05) is 62.7 Å². The minimum absolute atomic E-state index is 0.0102. The number of nitrogens with zero attached hydrogens (tertiary/aromatic N) is 1. The third-order valence-electron chi connectivity index (χ3n) is 13.2. The van der Waals surface area contributed by atoms with Gasteiger partial charge in [-0.25, -0.2) is 4.79 Å². The number of phenols is 1. The molecule has 1 aliphatic rings. The second-order valence-corrected chi connectivity index (χ2v) is 20.5. The van der Waals surface area contributed by atoms with Gasteiger partial charge >= 0.3 is 5.97 Å². The standard InChI is InChI=1S/C52H77N11O15S/c1-6-27(2)41(50(75)62-43(29(4)65)52(77)78)60-49(74)38-13-10-23-63(38)51(76)42(28(3)64)61-46(71)35(22-24-79-5)57-47(72)36(25-30-11-8-7-9-12-30)59-48(73)37(26-31-14-16-32(66)17-15-31)58-45(70)34(19-21-40(55)68)56-44(69)33(53)18-20-39(54)67/h7-9,11-12,14-17,27-29,33-38,41-43,64-66H,6,10,13,18-26,53H2,1-5H3,(H2,54,67)(H2,55,68)(H,56,69)(H,57,72)(H,58,70)(H,59,73)(H,60,74)(H,61,71)(H,62,75)(H,77,78)/t27-,28+,29+,33-,34-,35-,36-,37-,38-,41-,42-,43-/m0/s1. The van der Waals surface area contributed by atoms with E-state index in [1.54, 1.807) is 50.4 Å². The number of aliphatic hydroxyl groups excluding tert-OH is 2. The Morgan fingerprint density at radius 1 is 0.620 bits per heavy atom. The van der Waals surface area contributed by atoms with Crippen LogP contribution in [0.15, 0.2) is 54.6 Å². The van der Waals surface area contributed by atoms with Crippen molar-refractivity contribution in [2.24, 2.45) is 23.1 Å². The number of thioether (sulfide) groups is 1. The maximum atomic E-state index is 14.6. The van der Waals surface area contributed by atoms with Crippen LogP contribution < -0.4 is 54.4 Å². The number of hydrogen-bond donors (Lipinski definition) is 14. The molecule has 0 bridgehead atoms. The molecule has 79 heavy (non-hydrogen) atoms. The van der Waals surface area contributed by atoms with Gasteiger partial charge in [0.15, 0.2) is 6.04 Å². The Labute approximate surface area is 462 Å². The number of hydrogen-bond acceptors (Lipinski definition) is 16. The van der Waals surface area contributed by atoms with Crippen molar-refractivity contribution in [3.63, 3.8) is 0 Å². The first kappa shape index (κ1) is 65.9. The van der Waals surface area contributed by atoms with Crippen molar-refractivity contribution in [2.75, 3.05) is 18.6 Å². The number of carboxylic acids is 1. The molecule has 1 heterocycles. The molecular weight excluding hydrogens is 1050 g/mol. The monoisotopic (exact) mass is 1130 g/mol. The number of aliphatic hydroxyl groups is 2. The lowest BCUT2D eigenvalue weighted by molar-refractivity contribution is -0.146. The van der Waals surface area contributed by atoms with Gasteiger partial charge in [0.05, 0.1) is 18.2 Å². The lowest BCUT2D eigenvalue weighted by atomic mass is 9.97. The van der Waals surface area contributed by atoms with E-state index in [1.165, 1.54) is 49.9 Å². The van der Waals surface area contributed by atoms with Crippen molar-refractivity contribution >= 4 is 76.8 Å². The van der Waals surface area contributed by atoms with Gasteiger partial charge in [-0.3, -0.25) is 47.9 Å². The van der Waals surface area contributed by atoms with E-state index in [0.717, 1.165) is 4.90 Å². The summed E-state index contributed by atoms with van der Waals surface area (Å²) in [5.74, 6) is -10.5. The van der Waals surface area contributed by atoms with Crippen molar-refractivity contribution in [3.8, 4) is 5.75 Å². The Morgan fingerprint density at radius 3 is 1.62 bits per heavy atom. The first-order valence-corrected chi connectivity index (χ1v) is 27.3.